The first-order chi connectivity index (χ1) is 9.08. The van der Waals surface area contributed by atoms with Crippen LogP contribution >= 0.6 is 0 Å². The number of likely N-dealkylation sites (N-methyl/N-ethyl adjacent to an activating group) is 1. The third-order valence-electron chi connectivity index (χ3n) is 2.71. The fourth-order valence-electron chi connectivity index (χ4n) is 1.62. The number of carbonyl (C=O) groups excluding carboxylic acids is 1. The van der Waals surface area contributed by atoms with E-state index in [4.69, 9.17) is 5.26 Å². The summed E-state index contributed by atoms with van der Waals surface area (Å²) in [5.74, 6) is -0.504. The van der Waals surface area contributed by atoms with Crippen LogP contribution in [-0.2, 0) is 11.3 Å². The summed E-state index contributed by atoms with van der Waals surface area (Å²) >= 11 is 0. The summed E-state index contributed by atoms with van der Waals surface area (Å²) in [6.07, 6.45) is 0.954. The van der Waals surface area contributed by atoms with Gasteiger partial charge in [-0.3, -0.25) is 4.79 Å². The quantitative estimate of drug-likeness (QED) is 0.794. The van der Waals surface area contributed by atoms with Gasteiger partial charge < -0.3 is 10.2 Å². The first-order valence-electron chi connectivity index (χ1n) is 6.21. The van der Waals surface area contributed by atoms with Crippen LogP contribution in [0.15, 0.2) is 18.2 Å². The maximum absolute atomic E-state index is 13.6. The lowest BCUT2D eigenvalue weighted by atomic mass is 10.1. The standard InChI is InChI=1S/C14H18FN3O/c1-3-6-17-9-14(19)18(2)10-12-7-11(8-16)4-5-13(12)15/h4-5,7,17H,3,6,9-10H2,1-2H3. The van der Waals surface area contributed by atoms with Crippen LogP contribution in [0.25, 0.3) is 0 Å². The van der Waals surface area contributed by atoms with Crippen LogP contribution in [0.5, 0.6) is 0 Å². The summed E-state index contributed by atoms with van der Waals surface area (Å²) in [5, 5.41) is 11.8. The molecule has 0 aromatic heterocycles. The number of carbonyl (C=O) groups is 1. The van der Waals surface area contributed by atoms with Crippen LogP contribution in [0.4, 0.5) is 4.39 Å². The predicted molar refractivity (Wildman–Crippen MR) is 70.7 cm³/mol. The molecule has 1 N–H and O–H groups in total. The van der Waals surface area contributed by atoms with Gasteiger partial charge in [-0.1, -0.05) is 6.92 Å². The maximum atomic E-state index is 13.6. The summed E-state index contributed by atoms with van der Waals surface area (Å²) < 4.78 is 13.6. The zero-order valence-corrected chi connectivity index (χ0v) is 11.2. The average molecular weight is 263 g/mol. The highest BCUT2D eigenvalue weighted by Gasteiger charge is 2.11. The molecule has 0 saturated heterocycles. The van der Waals surface area contributed by atoms with Crippen LogP contribution in [-0.4, -0.2) is 30.9 Å². The maximum Gasteiger partial charge on any atom is 0.236 e. The lowest BCUT2D eigenvalue weighted by Crippen LogP contribution is -2.35. The molecule has 0 saturated carbocycles. The van der Waals surface area contributed by atoms with Crippen molar-refractivity contribution in [1.29, 1.82) is 5.26 Å². The Morgan fingerprint density at radius 1 is 1.53 bits per heavy atom. The average Bonchev–Trinajstić information content (AvgIpc) is 2.41. The molecule has 0 bridgehead atoms. The van der Waals surface area contributed by atoms with Gasteiger partial charge in [0.25, 0.3) is 0 Å². The molecule has 0 fully saturated rings. The van der Waals surface area contributed by atoms with Crippen molar-refractivity contribution in [2.75, 3.05) is 20.1 Å². The fourth-order valence-corrected chi connectivity index (χ4v) is 1.62. The van der Waals surface area contributed by atoms with Gasteiger partial charge in [-0.2, -0.15) is 5.26 Å². The molecule has 0 radical (unpaired) electrons. The summed E-state index contributed by atoms with van der Waals surface area (Å²) in [4.78, 5) is 13.2. The molecule has 0 heterocycles. The monoisotopic (exact) mass is 263 g/mol. The number of benzene rings is 1. The molecule has 102 valence electrons. The van der Waals surface area contributed by atoms with Gasteiger partial charge in [0.05, 0.1) is 18.2 Å². The molecule has 19 heavy (non-hydrogen) atoms. The van der Waals surface area contributed by atoms with E-state index in [0.29, 0.717) is 11.1 Å². The number of nitrogens with one attached hydrogen (secondary N) is 1. The largest absolute Gasteiger partial charge is 0.340 e. The van der Waals surface area contributed by atoms with Crippen molar-refractivity contribution in [1.82, 2.24) is 10.2 Å². The molecule has 5 heteroatoms. The normalized spacial score (nSPS) is 10.0. The topological polar surface area (TPSA) is 56.1 Å². The van der Waals surface area contributed by atoms with Crippen molar-refractivity contribution >= 4 is 5.91 Å². The van der Waals surface area contributed by atoms with Gasteiger partial charge in [0.1, 0.15) is 5.82 Å². The highest BCUT2D eigenvalue weighted by atomic mass is 19.1. The van der Waals surface area contributed by atoms with Crippen LogP contribution < -0.4 is 5.32 Å². The molecule has 0 atom stereocenters. The van der Waals surface area contributed by atoms with Gasteiger partial charge in [-0.25, -0.2) is 4.39 Å². The summed E-state index contributed by atoms with van der Waals surface area (Å²) in [5.41, 5.74) is 0.742. The molecular formula is C14H18FN3O. The molecule has 1 aromatic rings. The summed E-state index contributed by atoms with van der Waals surface area (Å²) in [6, 6.07) is 6.10. The number of nitrogens with zero attached hydrogens (tertiary/aromatic N) is 2. The highest BCUT2D eigenvalue weighted by Crippen LogP contribution is 2.12. The molecule has 1 amide bonds. The van der Waals surface area contributed by atoms with E-state index in [1.54, 1.807) is 7.05 Å². The molecule has 0 aliphatic heterocycles. The minimum atomic E-state index is -0.403. The molecule has 1 aromatic carbocycles. The summed E-state index contributed by atoms with van der Waals surface area (Å²) in [6.45, 7) is 3.19. The van der Waals surface area contributed by atoms with Gasteiger partial charge in [0, 0.05) is 19.2 Å². The Hall–Kier alpha value is -1.93. The zero-order chi connectivity index (χ0) is 14.3. The molecule has 0 spiro atoms. The number of halogens is 1. The van der Waals surface area contributed by atoms with Crippen LogP contribution in [0.3, 0.4) is 0 Å². The minimum absolute atomic E-state index is 0.102. The Bertz CT molecular complexity index is 482. The van der Waals surface area contributed by atoms with E-state index in [2.05, 4.69) is 5.32 Å². The van der Waals surface area contributed by atoms with Gasteiger partial charge in [0.2, 0.25) is 5.91 Å². The van der Waals surface area contributed by atoms with Crippen LogP contribution in [0.1, 0.15) is 24.5 Å². The van der Waals surface area contributed by atoms with E-state index >= 15 is 0 Å². The Morgan fingerprint density at radius 3 is 2.89 bits per heavy atom. The molecule has 0 aliphatic carbocycles. The number of hydrogen-bond acceptors (Lipinski definition) is 3. The molecule has 0 aliphatic rings. The second-order valence-corrected chi connectivity index (χ2v) is 4.34. The SMILES string of the molecule is CCCNCC(=O)N(C)Cc1cc(C#N)ccc1F. The lowest BCUT2D eigenvalue weighted by molar-refractivity contribution is -0.129. The van der Waals surface area contributed by atoms with E-state index in [1.165, 1.54) is 23.1 Å². The first-order valence-corrected chi connectivity index (χ1v) is 6.21. The molecular weight excluding hydrogens is 245 g/mol. The van der Waals surface area contributed by atoms with Crippen molar-refractivity contribution in [2.24, 2.45) is 0 Å². The number of rotatable bonds is 6. The van der Waals surface area contributed by atoms with Gasteiger partial charge in [0.15, 0.2) is 0 Å². The number of amides is 1. The Morgan fingerprint density at radius 2 is 2.26 bits per heavy atom. The molecule has 1 rings (SSSR count). The van der Waals surface area contributed by atoms with E-state index in [0.717, 1.165) is 13.0 Å². The highest BCUT2D eigenvalue weighted by molar-refractivity contribution is 5.77. The van der Waals surface area contributed by atoms with E-state index < -0.39 is 5.82 Å². The third-order valence-corrected chi connectivity index (χ3v) is 2.71. The first kappa shape index (κ1) is 15.1. The molecule has 0 unspecified atom stereocenters. The van der Waals surface area contributed by atoms with Crippen LogP contribution in [0.2, 0.25) is 0 Å². The van der Waals surface area contributed by atoms with Crippen molar-refractivity contribution in [3.05, 3.63) is 35.1 Å². The van der Waals surface area contributed by atoms with Crippen LogP contribution in [0, 0.1) is 17.1 Å². The second-order valence-electron chi connectivity index (χ2n) is 4.34. The minimum Gasteiger partial charge on any atom is -0.340 e. The van der Waals surface area contributed by atoms with E-state index in [1.807, 2.05) is 13.0 Å². The number of nitriles is 1. The van der Waals surface area contributed by atoms with Gasteiger partial charge >= 0.3 is 0 Å². The fraction of sp³-hybridized carbons (Fsp3) is 0.429. The van der Waals surface area contributed by atoms with Crippen molar-refractivity contribution in [2.45, 2.75) is 19.9 Å². The van der Waals surface area contributed by atoms with E-state index in [9.17, 15) is 9.18 Å². The Labute approximate surface area is 112 Å². The van der Waals surface area contributed by atoms with Gasteiger partial charge in [-0.15, -0.1) is 0 Å². The smallest absolute Gasteiger partial charge is 0.236 e. The molecule has 4 nitrogen and oxygen atoms in total. The van der Waals surface area contributed by atoms with E-state index in [-0.39, 0.29) is 19.0 Å². The lowest BCUT2D eigenvalue weighted by Gasteiger charge is -2.18. The van der Waals surface area contributed by atoms with Crippen molar-refractivity contribution < 1.29 is 9.18 Å². The Balaban J connectivity index is 2.63. The second kappa shape index (κ2) is 7.49. The number of hydrogen-bond donors (Lipinski definition) is 1. The zero-order valence-electron chi connectivity index (χ0n) is 11.2. The Kier molecular flexibility index (Phi) is 5.97. The third kappa shape index (κ3) is 4.68. The van der Waals surface area contributed by atoms with Gasteiger partial charge in [-0.05, 0) is 31.2 Å². The van der Waals surface area contributed by atoms with Crippen molar-refractivity contribution in [3.63, 3.8) is 0 Å². The van der Waals surface area contributed by atoms with Crippen molar-refractivity contribution in [3.8, 4) is 6.07 Å². The predicted octanol–water partition coefficient (Wildman–Crippen LogP) is 1.66. The summed E-state index contributed by atoms with van der Waals surface area (Å²) in [7, 11) is 1.62.